The second-order valence-electron chi connectivity index (χ2n) is 7.02. The fraction of sp³-hybridized carbons (Fsp3) is 0.409. The van der Waals surface area contributed by atoms with Gasteiger partial charge in [0.15, 0.2) is 0 Å². The number of nitrogens with one attached hydrogen (secondary N) is 1. The highest BCUT2D eigenvalue weighted by Crippen LogP contribution is 2.40. The molecule has 8 heteroatoms. The molecule has 162 valence electrons. The van der Waals surface area contributed by atoms with E-state index in [0.717, 1.165) is 11.6 Å². The van der Waals surface area contributed by atoms with Gasteiger partial charge in [0.25, 0.3) is 0 Å². The van der Waals surface area contributed by atoms with Gasteiger partial charge < -0.3 is 19.5 Å². The van der Waals surface area contributed by atoms with Crippen molar-refractivity contribution in [3.8, 4) is 11.5 Å². The lowest BCUT2D eigenvalue weighted by Gasteiger charge is -2.36. The zero-order valence-corrected chi connectivity index (χ0v) is 16.8. The number of anilines is 1. The molecule has 0 aliphatic carbocycles. The first-order valence-electron chi connectivity index (χ1n) is 9.68. The lowest BCUT2D eigenvalue weighted by atomic mass is 9.73. The highest BCUT2D eigenvalue weighted by molar-refractivity contribution is 5.99. The average molecular weight is 423 g/mol. The van der Waals surface area contributed by atoms with Crippen molar-refractivity contribution >= 4 is 11.6 Å². The van der Waals surface area contributed by atoms with Crippen molar-refractivity contribution in [2.24, 2.45) is 0 Å². The maximum absolute atomic E-state index is 13.4. The Morgan fingerprint density at radius 2 is 1.80 bits per heavy atom. The van der Waals surface area contributed by atoms with Gasteiger partial charge in [0.05, 0.1) is 24.7 Å². The van der Waals surface area contributed by atoms with Crippen LogP contribution in [0.15, 0.2) is 42.5 Å². The number of carbonyl (C=O) groups excluding carboxylic acids is 1. The Labute approximate surface area is 173 Å². The first-order valence-corrected chi connectivity index (χ1v) is 9.68. The molecule has 0 bridgehead atoms. The number of rotatable bonds is 6. The van der Waals surface area contributed by atoms with Crippen molar-refractivity contribution in [2.45, 2.75) is 31.4 Å². The van der Waals surface area contributed by atoms with E-state index in [9.17, 15) is 18.0 Å². The van der Waals surface area contributed by atoms with Crippen LogP contribution in [0.2, 0.25) is 0 Å². The van der Waals surface area contributed by atoms with E-state index in [1.807, 2.05) is 12.1 Å². The van der Waals surface area contributed by atoms with E-state index in [0.29, 0.717) is 31.8 Å². The fourth-order valence-corrected chi connectivity index (χ4v) is 3.64. The molecule has 0 aromatic heterocycles. The zero-order valence-electron chi connectivity index (χ0n) is 16.8. The van der Waals surface area contributed by atoms with E-state index in [2.05, 4.69) is 5.32 Å². The van der Waals surface area contributed by atoms with Gasteiger partial charge in [-0.2, -0.15) is 13.2 Å². The largest absolute Gasteiger partial charge is 0.497 e. The number of amides is 1. The summed E-state index contributed by atoms with van der Waals surface area (Å²) in [6.45, 7) is 2.49. The number of benzene rings is 2. The number of methoxy groups -OCH3 is 1. The smallest absolute Gasteiger partial charge is 0.420 e. The second-order valence-corrected chi connectivity index (χ2v) is 7.02. The molecule has 1 amide bonds. The van der Waals surface area contributed by atoms with Gasteiger partial charge in [-0.15, -0.1) is 0 Å². The van der Waals surface area contributed by atoms with E-state index >= 15 is 0 Å². The zero-order chi connectivity index (χ0) is 21.8. The van der Waals surface area contributed by atoms with Crippen molar-refractivity contribution in [2.75, 3.05) is 32.2 Å². The summed E-state index contributed by atoms with van der Waals surface area (Å²) < 4.78 is 56.0. The summed E-state index contributed by atoms with van der Waals surface area (Å²) in [5.74, 6) is 0.0230. The maximum atomic E-state index is 13.4. The van der Waals surface area contributed by atoms with Gasteiger partial charge in [-0.25, -0.2) is 0 Å². The van der Waals surface area contributed by atoms with Crippen LogP contribution in [0.5, 0.6) is 11.5 Å². The lowest BCUT2D eigenvalue weighted by molar-refractivity contribution is -0.139. The van der Waals surface area contributed by atoms with Gasteiger partial charge in [0, 0.05) is 18.9 Å². The molecular formula is C22H24F3NO4. The molecule has 5 nitrogen and oxygen atoms in total. The van der Waals surface area contributed by atoms with Gasteiger partial charge in [-0.3, -0.25) is 4.79 Å². The second kappa shape index (κ2) is 8.95. The summed E-state index contributed by atoms with van der Waals surface area (Å²) >= 11 is 0. The molecule has 2 aromatic carbocycles. The summed E-state index contributed by atoms with van der Waals surface area (Å²) in [7, 11) is 1.55. The van der Waals surface area contributed by atoms with Gasteiger partial charge in [0.2, 0.25) is 5.91 Å². The van der Waals surface area contributed by atoms with Crippen LogP contribution >= 0.6 is 0 Å². The predicted molar refractivity (Wildman–Crippen MR) is 106 cm³/mol. The average Bonchev–Trinajstić information content (AvgIpc) is 2.74. The highest BCUT2D eigenvalue weighted by atomic mass is 19.4. The Balaban J connectivity index is 1.92. The highest BCUT2D eigenvalue weighted by Gasteiger charge is 2.42. The van der Waals surface area contributed by atoms with Crippen LogP contribution in [0.1, 0.15) is 30.9 Å². The van der Waals surface area contributed by atoms with E-state index in [4.69, 9.17) is 14.2 Å². The van der Waals surface area contributed by atoms with Crippen LogP contribution in [0.3, 0.4) is 0 Å². The molecular weight excluding hydrogens is 399 g/mol. The van der Waals surface area contributed by atoms with Gasteiger partial charge in [-0.05, 0) is 55.7 Å². The third-order valence-electron chi connectivity index (χ3n) is 5.27. The first-order chi connectivity index (χ1) is 14.3. The summed E-state index contributed by atoms with van der Waals surface area (Å²) in [6, 6.07) is 10.7. The number of hydrogen-bond acceptors (Lipinski definition) is 4. The number of alkyl halides is 3. The molecule has 0 unspecified atom stereocenters. The number of ether oxygens (including phenoxy) is 3. The first kappa shape index (κ1) is 22.0. The summed E-state index contributed by atoms with van der Waals surface area (Å²) in [5, 5.41) is 2.68. The molecule has 3 rings (SSSR count). The number of hydrogen-bond donors (Lipinski definition) is 1. The Bertz CT molecular complexity index is 875. The Morgan fingerprint density at radius 3 is 2.37 bits per heavy atom. The van der Waals surface area contributed by atoms with E-state index in [1.165, 1.54) is 12.1 Å². The van der Waals surface area contributed by atoms with Crippen LogP contribution in [-0.4, -0.2) is 32.8 Å². The SMILES string of the molecule is CCOc1ccc(NC(=O)C2(c3ccc(OC)cc3)CCOCC2)cc1C(F)(F)F. The minimum absolute atomic E-state index is 0.0650. The maximum Gasteiger partial charge on any atom is 0.420 e. The van der Waals surface area contributed by atoms with Crippen molar-refractivity contribution in [3.63, 3.8) is 0 Å². The molecule has 1 aliphatic heterocycles. The Morgan fingerprint density at radius 1 is 1.13 bits per heavy atom. The molecule has 0 saturated carbocycles. The van der Waals surface area contributed by atoms with Crippen molar-refractivity contribution in [1.82, 2.24) is 0 Å². The summed E-state index contributed by atoms with van der Waals surface area (Å²) in [4.78, 5) is 13.3. The van der Waals surface area contributed by atoms with Crippen molar-refractivity contribution in [1.29, 1.82) is 0 Å². The molecule has 30 heavy (non-hydrogen) atoms. The van der Waals surface area contributed by atoms with Crippen molar-refractivity contribution in [3.05, 3.63) is 53.6 Å². The van der Waals surface area contributed by atoms with Crippen LogP contribution in [0, 0.1) is 0 Å². The molecule has 1 fully saturated rings. The molecule has 0 atom stereocenters. The summed E-state index contributed by atoms with van der Waals surface area (Å²) in [6.07, 6.45) is -3.75. The quantitative estimate of drug-likeness (QED) is 0.725. The molecule has 0 spiro atoms. The van der Waals surface area contributed by atoms with E-state index in [1.54, 1.807) is 26.2 Å². The van der Waals surface area contributed by atoms with Gasteiger partial charge in [-0.1, -0.05) is 12.1 Å². The monoisotopic (exact) mass is 423 g/mol. The number of carbonyl (C=O) groups is 1. The van der Waals surface area contributed by atoms with Gasteiger partial charge in [0.1, 0.15) is 11.5 Å². The summed E-state index contributed by atoms with van der Waals surface area (Å²) in [5.41, 5.74) is -0.990. The Hall–Kier alpha value is -2.74. The third-order valence-corrected chi connectivity index (χ3v) is 5.27. The normalized spacial score (nSPS) is 16.0. The third kappa shape index (κ3) is 4.53. The standard InChI is InChI=1S/C22H24F3NO4/c1-3-30-19-9-6-16(14-18(19)22(23,24)25)26-20(27)21(10-12-29-13-11-21)15-4-7-17(28-2)8-5-15/h4-9,14H,3,10-13H2,1-2H3,(H,26,27). The molecule has 2 aromatic rings. The molecule has 1 aliphatic rings. The van der Waals surface area contributed by atoms with Crippen molar-refractivity contribution < 1.29 is 32.2 Å². The van der Waals surface area contributed by atoms with Crippen LogP contribution in [0.25, 0.3) is 0 Å². The van der Waals surface area contributed by atoms with Crippen LogP contribution in [0.4, 0.5) is 18.9 Å². The number of halogens is 3. The molecule has 1 heterocycles. The fourth-order valence-electron chi connectivity index (χ4n) is 3.64. The molecule has 0 radical (unpaired) electrons. The lowest BCUT2D eigenvalue weighted by Crippen LogP contribution is -2.44. The minimum atomic E-state index is -4.60. The minimum Gasteiger partial charge on any atom is -0.497 e. The molecule has 1 saturated heterocycles. The Kier molecular flexibility index (Phi) is 6.55. The topological polar surface area (TPSA) is 56.8 Å². The van der Waals surface area contributed by atoms with E-state index < -0.39 is 17.2 Å². The van der Waals surface area contributed by atoms with Crippen LogP contribution < -0.4 is 14.8 Å². The van der Waals surface area contributed by atoms with Crippen LogP contribution in [-0.2, 0) is 21.1 Å². The van der Waals surface area contributed by atoms with E-state index in [-0.39, 0.29) is 24.0 Å². The molecule has 1 N–H and O–H groups in total. The predicted octanol–water partition coefficient (Wildman–Crippen LogP) is 4.80. The van der Waals surface area contributed by atoms with Gasteiger partial charge >= 0.3 is 6.18 Å².